The first-order valence-electron chi connectivity index (χ1n) is 7.73. The van der Waals surface area contributed by atoms with Crippen molar-refractivity contribution in [2.24, 2.45) is 5.92 Å². The van der Waals surface area contributed by atoms with Crippen LogP contribution < -0.4 is 5.32 Å². The van der Waals surface area contributed by atoms with Gasteiger partial charge in [-0.15, -0.1) is 0 Å². The molecule has 0 radical (unpaired) electrons. The van der Waals surface area contributed by atoms with Crippen LogP contribution in [-0.2, 0) is 0 Å². The average molecular weight is 274 g/mol. The van der Waals surface area contributed by atoms with Crippen molar-refractivity contribution in [3.8, 4) is 0 Å². The predicted molar refractivity (Wildman–Crippen MR) is 84.1 cm³/mol. The molecule has 1 aromatic rings. The molecule has 110 valence electrons. The van der Waals surface area contributed by atoms with Crippen molar-refractivity contribution in [2.75, 3.05) is 18.4 Å². The van der Waals surface area contributed by atoms with Gasteiger partial charge in [0.15, 0.2) is 0 Å². The number of carbonyl (C=O) groups excluding carboxylic acids is 1. The highest BCUT2D eigenvalue weighted by atomic mass is 16.2. The molecule has 1 aliphatic heterocycles. The Morgan fingerprint density at radius 1 is 1.30 bits per heavy atom. The molecule has 1 aromatic carbocycles. The number of carbonyl (C=O) groups is 1. The molecule has 0 bridgehead atoms. The lowest BCUT2D eigenvalue weighted by atomic mass is 10.0. The zero-order valence-electron chi connectivity index (χ0n) is 12.9. The molecule has 2 rings (SSSR count). The normalized spacial score (nSPS) is 19.2. The lowest BCUT2D eigenvalue weighted by Crippen LogP contribution is -2.41. The van der Waals surface area contributed by atoms with Crippen molar-refractivity contribution in [2.45, 2.75) is 46.1 Å². The van der Waals surface area contributed by atoms with Crippen molar-refractivity contribution < 1.29 is 4.79 Å². The molecule has 1 atom stereocenters. The molecule has 1 heterocycles. The molecular weight excluding hydrogens is 248 g/mol. The molecule has 0 aromatic heterocycles. The summed E-state index contributed by atoms with van der Waals surface area (Å²) in [6, 6.07) is 8.25. The third kappa shape index (κ3) is 3.75. The lowest BCUT2D eigenvalue weighted by molar-refractivity contribution is 0.0635. The number of piperidine rings is 1. The standard InChI is InChI=1S/C17H26N2O/c1-13(2)12-18-16-9-7-15(8-10-16)17(20)19-11-5-4-6-14(19)3/h7-10,13-14,18H,4-6,11-12H2,1-3H3/t14-/m1/s1. The summed E-state index contributed by atoms with van der Waals surface area (Å²) in [6.45, 7) is 8.37. The van der Waals surface area contributed by atoms with Crippen LogP contribution in [0.15, 0.2) is 24.3 Å². The van der Waals surface area contributed by atoms with Crippen LogP contribution in [0.25, 0.3) is 0 Å². The van der Waals surface area contributed by atoms with Crippen molar-refractivity contribution in [1.29, 1.82) is 0 Å². The van der Waals surface area contributed by atoms with Crippen molar-refractivity contribution in [1.82, 2.24) is 4.90 Å². The van der Waals surface area contributed by atoms with Gasteiger partial charge in [0.25, 0.3) is 5.91 Å². The van der Waals surface area contributed by atoms with Crippen LogP contribution in [-0.4, -0.2) is 29.9 Å². The van der Waals surface area contributed by atoms with Crippen LogP contribution in [0, 0.1) is 5.92 Å². The van der Waals surface area contributed by atoms with Crippen LogP contribution in [0.4, 0.5) is 5.69 Å². The third-order valence-corrected chi connectivity index (χ3v) is 3.91. The van der Waals surface area contributed by atoms with E-state index in [0.717, 1.165) is 37.2 Å². The van der Waals surface area contributed by atoms with E-state index in [2.05, 4.69) is 26.1 Å². The Morgan fingerprint density at radius 3 is 2.60 bits per heavy atom. The maximum absolute atomic E-state index is 12.5. The minimum absolute atomic E-state index is 0.174. The highest BCUT2D eigenvalue weighted by Crippen LogP contribution is 2.20. The van der Waals surface area contributed by atoms with Gasteiger partial charge in [-0.3, -0.25) is 4.79 Å². The van der Waals surface area contributed by atoms with E-state index in [9.17, 15) is 4.79 Å². The summed E-state index contributed by atoms with van der Waals surface area (Å²) in [7, 11) is 0. The van der Waals surface area contributed by atoms with Gasteiger partial charge >= 0.3 is 0 Å². The SMILES string of the molecule is CC(C)CNc1ccc(C(=O)N2CCCC[C@H]2C)cc1. The fraction of sp³-hybridized carbons (Fsp3) is 0.588. The van der Waals surface area contributed by atoms with Gasteiger partial charge in [0, 0.05) is 30.4 Å². The zero-order chi connectivity index (χ0) is 14.5. The van der Waals surface area contributed by atoms with E-state index >= 15 is 0 Å². The highest BCUT2D eigenvalue weighted by Gasteiger charge is 2.23. The monoisotopic (exact) mass is 274 g/mol. The Bertz CT molecular complexity index is 439. The molecule has 20 heavy (non-hydrogen) atoms. The van der Waals surface area contributed by atoms with Crippen LogP contribution in [0.1, 0.15) is 50.4 Å². The zero-order valence-corrected chi connectivity index (χ0v) is 12.9. The largest absolute Gasteiger partial charge is 0.385 e. The summed E-state index contributed by atoms with van der Waals surface area (Å²) in [4.78, 5) is 14.5. The summed E-state index contributed by atoms with van der Waals surface area (Å²) in [5, 5.41) is 3.37. The first kappa shape index (κ1) is 14.9. The number of anilines is 1. The molecule has 0 spiro atoms. The van der Waals surface area contributed by atoms with E-state index in [1.54, 1.807) is 0 Å². The van der Waals surface area contributed by atoms with Crippen molar-refractivity contribution in [3.05, 3.63) is 29.8 Å². The Kier molecular flexibility index (Phi) is 5.05. The number of hydrogen-bond acceptors (Lipinski definition) is 2. The Hall–Kier alpha value is -1.51. The summed E-state index contributed by atoms with van der Waals surface area (Å²) in [5.74, 6) is 0.790. The second-order valence-electron chi connectivity index (χ2n) is 6.20. The Labute approximate surface area is 122 Å². The molecule has 1 amide bonds. The number of amides is 1. The summed E-state index contributed by atoms with van der Waals surface area (Å²) >= 11 is 0. The fourth-order valence-electron chi connectivity index (χ4n) is 2.62. The summed E-state index contributed by atoms with van der Waals surface area (Å²) in [5.41, 5.74) is 1.88. The molecule has 1 aliphatic rings. The fourth-order valence-corrected chi connectivity index (χ4v) is 2.62. The van der Waals surface area contributed by atoms with E-state index in [1.165, 1.54) is 6.42 Å². The third-order valence-electron chi connectivity index (χ3n) is 3.91. The highest BCUT2D eigenvalue weighted by molar-refractivity contribution is 5.94. The first-order valence-corrected chi connectivity index (χ1v) is 7.73. The van der Waals surface area contributed by atoms with Crippen LogP contribution >= 0.6 is 0 Å². The number of rotatable bonds is 4. The number of nitrogens with zero attached hydrogens (tertiary/aromatic N) is 1. The molecule has 0 saturated carbocycles. The van der Waals surface area contributed by atoms with Crippen molar-refractivity contribution >= 4 is 11.6 Å². The summed E-state index contributed by atoms with van der Waals surface area (Å²) in [6.07, 6.45) is 3.49. The van der Waals surface area contributed by atoms with Gasteiger partial charge in [-0.25, -0.2) is 0 Å². The minimum Gasteiger partial charge on any atom is -0.385 e. The average Bonchev–Trinajstić information content (AvgIpc) is 2.45. The van der Waals surface area contributed by atoms with E-state index in [-0.39, 0.29) is 5.91 Å². The molecule has 0 unspecified atom stereocenters. The second kappa shape index (κ2) is 6.78. The molecular formula is C17H26N2O. The van der Waals surface area contributed by atoms with Gasteiger partial charge < -0.3 is 10.2 Å². The number of hydrogen-bond donors (Lipinski definition) is 1. The first-order chi connectivity index (χ1) is 9.58. The topological polar surface area (TPSA) is 32.3 Å². The van der Waals surface area contributed by atoms with Gasteiger partial charge in [0.1, 0.15) is 0 Å². The van der Waals surface area contributed by atoms with E-state index in [4.69, 9.17) is 0 Å². The van der Waals surface area contributed by atoms with E-state index in [1.807, 2.05) is 29.2 Å². The maximum Gasteiger partial charge on any atom is 0.254 e. The molecule has 1 fully saturated rings. The Balaban J connectivity index is 2.00. The van der Waals surface area contributed by atoms with Crippen LogP contribution in [0.3, 0.4) is 0 Å². The molecule has 3 nitrogen and oxygen atoms in total. The lowest BCUT2D eigenvalue weighted by Gasteiger charge is -2.33. The summed E-state index contributed by atoms with van der Waals surface area (Å²) < 4.78 is 0. The number of likely N-dealkylation sites (tertiary alicyclic amines) is 1. The molecule has 3 heteroatoms. The van der Waals surface area contributed by atoms with E-state index < -0.39 is 0 Å². The van der Waals surface area contributed by atoms with Crippen molar-refractivity contribution in [3.63, 3.8) is 0 Å². The van der Waals surface area contributed by atoms with Crippen LogP contribution in [0.2, 0.25) is 0 Å². The quantitative estimate of drug-likeness (QED) is 0.906. The van der Waals surface area contributed by atoms with Gasteiger partial charge in [0.05, 0.1) is 0 Å². The van der Waals surface area contributed by atoms with Gasteiger partial charge in [-0.1, -0.05) is 13.8 Å². The van der Waals surface area contributed by atoms with Gasteiger partial charge in [0.2, 0.25) is 0 Å². The Morgan fingerprint density at radius 2 is 2.00 bits per heavy atom. The maximum atomic E-state index is 12.5. The number of benzene rings is 1. The molecule has 1 N–H and O–H groups in total. The minimum atomic E-state index is 0.174. The molecule has 1 saturated heterocycles. The molecule has 0 aliphatic carbocycles. The predicted octanol–water partition coefficient (Wildman–Crippen LogP) is 3.77. The van der Waals surface area contributed by atoms with E-state index in [0.29, 0.717) is 12.0 Å². The van der Waals surface area contributed by atoms with Crippen LogP contribution in [0.5, 0.6) is 0 Å². The van der Waals surface area contributed by atoms with Gasteiger partial charge in [-0.2, -0.15) is 0 Å². The second-order valence-corrected chi connectivity index (χ2v) is 6.20. The number of nitrogens with one attached hydrogen (secondary N) is 1. The van der Waals surface area contributed by atoms with Gasteiger partial charge in [-0.05, 0) is 56.4 Å². The smallest absolute Gasteiger partial charge is 0.254 e.